The van der Waals surface area contributed by atoms with Crippen molar-refractivity contribution in [3.8, 4) is 0 Å². The highest BCUT2D eigenvalue weighted by Crippen LogP contribution is 2.25. The van der Waals surface area contributed by atoms with Gasteiger partial charge in [-0.1, -0.05) is 32.1 Å². The first-order valence-corrected chi connectivity index (χ1v) is 5.67. The maximum Gasteiger partial charge on any atom is 0.0581 e. The zero-order valence-corrected chi connectivity index (χ0v) is 8.76. The first-order chi connectivity index (χ1) is 6.33. The second kappa shape index (κ2) is 6.39. The minimum absolute atomic E-state index is 0.255. The molecular formula is C11H23NO. The van der Waals surface area contributed by atoms with Crippen LogP contribution in [0.3, 0.4) is 0 Å². The van der Waals surface area contributed by atoms with Gasteiger partial charge in [0.15, 0.2) is 0 Å². The third-order valence-corrected chi connectivity index (χ3v) is 3.04. The molecule has 1 aliphatic rings. The number of nitrogens with one attached hydrogen (secondary N) is 1. The van der Waals surface area contributed by atoms with Crippen LogP contribution in [0.15, 0.2) is 0 Å². The maximum absolute atomic E-state index is 8.81. The highest BCUT2D eigenvalue weighted by atomic mass is 16.3. The Bertz CT molecular complexity index is 121. The van der Waals surface area contributed by atoms with Gasteiger partial charge < -0.3 is 10.4 Å². The molecule has 0 bridgehead atoms. The van der Waals surface area contributed by atoms with E-state index in [1.807, 2.05) is 6.92 Å². The lowest BCUT2D eigenvalue weighted by Crippen LogP contribution is -2.31. The van der Waals surface area contributed by atoms with E-state index in [2.05, 4.69) is 5.32 Å². The molecule has 1 rings (SSSR count). The maximum atomic E-state index is 8.81. The summed E-state index contributed by atoms with van der Waals surface area (Å²) < 4.78 is 0. The summed E-state index contributed by atoms with van der Waals surface area (Å²) in [7, 11) is 0. The molecule has 13 heavy (non-hydrogen) atoms. The van der Waals surface area contributed by atoms with Crippen LogP contribution < -0.4 is 5.32 Å². The highest BCUT2D eigenvalue weighted by Gasteiger charge is 2.12. The number of aliphatic hydroxyl groups excluding tert-OH is 1. The molecule has 0 aromatic heterocycles. The molecule has 2 heteroatoms. The predicted octanol–water partition coefficient (Wildman–Crippen LogP) is 1.93. The van der Waals surface area contributed by atoms with Gasteiger partial charge in [-0.05, 0) is 25.8 Å². The Hall–Kier alpha value is -0.0800. The summed E-state index contributed by atoms with van der Waals surface area (Å²) in [5.74, 6) is 0.951. The lowest BCUT2D eigenvalue weighted by atomic mass is 9.87. The van der Waals surface area contributed by atoms with Gasteiger partial charge in [0, 0.05) is 6.04 Å². The van der Waals surface area contributed by atoms with Gasteiger partial charge in [0.25, 0.3) is 0 Å². The van der Waals surface area contributed by atoms with Gasteiger partial charge in [0.2, 0.25) is 0 Å². The van der Waals surface area contributed by atoms with Crippen LogP contribution in [0.4, 0.5) is 0 Å². The molecule has 0 radical (unpaired) electrons. The molecule has 1 atom stereocenters. The zero-order chi connectivity index (χ0) is 9.52. The van der Waals surface area contributed by atoms with E-state index in [0.717, 1.165) is 12.5 Å². The minimum atomic E-state index is 0.255. The first kappa shape index (κ1) is 11.0. The van der Waals surface area contributed by atoms with Crippen LogP contribution in [0.1, 0.15) is 45.4 Å². The van der Waals surface area contributed by atoms with Gasteiger partial charge in [-0.25, -0.2) is 0 Å². The smallest absolute Gasteiger partial charge is 0.0581 e. The molecule has 0 aromatic carbocycles. The summed E-state index contributed by atoms with van der Waals surface area (Å²) in [4.78, 5) is 0. The van der Waals surface area contributed by atoms with Crippen molar-refractivity contribution in [2.24, 2.45) is 5.92 Å². The van der Waals surface area contributed by atoms with Crippen LogP contribution >= 0.6 is 0 Å². The van der Waals surface area contributed by atoms with E-state index in [4.69, 9.17) is 5.11 Å². The summed E-state index contributed by atoms with van der Waals surface area (Å²) >= 11 is 0. The molecule has 0 amide bonds. The van der Waals surface area contributed by atoms with Crippen LogP contribution in [0, 0.1) is 5.92 Å². The van der Waals surface area contributed by atoms with E-state index in [0.29, 0.717) is 0 Å². The second-order valence-electron chi connectivity index (χ2n) is 4.33. The molecule has 1 aliphatic carbocycles. The van der Waals surface area contributed by atoms with Gasteiger partial charge in [-0.15, -0.1) is 0 Å². The molecule has 0 aliphatic heterocycles. The van der Waals surface area contributed by atoms with E-state index in [1.165, 1.54) is 38.5 Å². The number of rotatable bonds is 5. The van der Waals surface area contributed by atoms with Crippen molar-refractivity contribution >= 4 is 0 Å². The first-order valence-electron chi connectivity index (χ1n) is 5.67. The Kier molecular flexibility index (Phi) is 5.40. The SMILES string of the molecule is CC(CO)NCCC1CCCCC1. The Morgan fingerprint density at radius 3 is 2.62 bits per heavy atom. The van der Waals surface area contributed by atoms with E-state index in [-0.39, 0.29) is 12.6 Å². The van der Waals surface area contributed by atoms with Crippen LogP contribution in [0.2, 0.25) is 0 Å². The minimum Gasteiger partial charge on any atom is -0.395 e. The fourth-order valence-electron chi connectivity index (χ4n) is 2.07. The van der Waals surface area contributed by atoms with Crippen molar-refractivity contribution in [3.63, 3.8) is 0 Å². The molecule has 0 aromatic rings. The van der Waals surface area contributed by atoms with Gasteiger partial charge in [-0.3, -0.25) is 0 Å². The third kappa shape index (κ3) is 4.63. The summed E-state index contributed by atoms with van der Waals surface area (Å²) in [5, 5.41) is 12.1. The molecule has 1 saturated carbocycles. The summed E-state index contributed by atoms with van der Waals surface area (Å²) in [6.07, 6.45) is 8.45. The molecular weight excluding hydrogens is 162 g/mol. The average molecular weight is 185 g/mol. The molecule has 0 saturated heterocycles. The molecule has 2 N–H and O–H groups in total. The Morgan fingerprint density at radius 1 is 1.31 bits per heavy atom. The molecule has 0 heterocycles. The summed E-state index contributed by atoms with van der Waals surface area (Å²) in [6.45, 7) is 3.36. The summed E-state index contributed by atoms with van der Waals surface area (Å²) in [6, 6.07) is 0.267. The van der Waals surface area contributed by atoms with Crippen LogP contribution in [-0.2, 0) is 0 Å². The number of hydrogen-bond acceptors (Lipinski definition) is 2. The van der Waals surface area contributed by atoms with Gasteiger partial charge in [-0.2, -0.15) is 0 Å². The van der Waals surface area contributed by atoms with Gasteiger partial charge >= 0.3 is 0 Å². The van der Waals surface area contributed by atoms with Crippen molar-refractivity contribution in [2.45, 2.75) is 51.5 Å². The lowest BCUT2D eigenvalue weighted by Gasteiger charge is -2.22. The van der Waals surface area contributed by atoms with Crippen LogP contribution in [-0.4, -0.2) is 24.3 Å². The van der Waals surface area contributed by atoms with Crippen molar-refractivity contribution in [1.29, 1.82) is 0 Å². The quantitative estimate of drug-likeness (QED) is 0.686. The van der Waals surface area contributed by atoms with Crippen molar-refractivity contribution in [1.82, 2.24) is 5.32 Å². The van der Waals surface area contributed by atoms with Gasteiger partial charge in [0.05, 0.1) is 6.61 Å². The van der Waals surface area contributed by atoms with Gasteiger partial charge in [0.1, 0.15) is 0 Å². The van der Waals surface area contributed by atoms with E-state index < -0.39 is 0 Å². The molecule has 1 fully saturated rings. The average Bonchev–Trinajstić information content (AvgIpc) is 2.19. The molecule has 78 valence electrons. The zero-order valence-electron chi connectivity index (χ0n) is 8.76. The Labute approximate surface area is 81.7 Å². The monoisotopic (exact) mass is 185 g/mol. The van der Waals surface area contributed by atoms with Crippen molar-refractivity contribution in [2.75, 3.05) is 13.2 Å². The van der Waals surface area contributed by atoms with E-state index >= 15 is 0 Å². The molecule has 0 spiro atoms. The summed E-state index contributed by atoms with van der Waals surface area (Å²) in [5.41, 5.74) is 0. The molecule has 1 unspecified atom stereocenters. The standard InChI is InChI=1S/C11H23NO/c1-10(9-13)12-8-7-11-5-3-2-4-6-11/h10-13H,2-9H2,1H3. The van der Waals surface area contributed by atoms with E-state index in [1.54, 1.807) is 0 Å². The Morgan fingerprint density at radius 2 is 2.00 bits per heavy atom. The van der Waals surface area contributed by atoms with Crippen LogP contribution in [0.5, 0.6) is 0 Å². The molecule has 2 nitrogen and oxygen atoms in total. The second-order valence-corrected chi connectivity index (χ2v) is 4.33. The lowest BCUT2D eigenvalue weighted by molar-refractivity contribution is 0.245. The normalized spacial score (nSPS) is 21.7. The number of hydrogen-bond donors (Lipinski definition) is 2. The van der Waals surface area contributed by atoms with E-state index in [9.17, 15) is 0 Å². The predicted molar refractivity (Wildman–Crippen MR) is 55.7 cm³/mol. The topological polar surface area (TPSA) is 32.3 Å². The fourth-order valence-corrected chi connectivity index (χ4v) is 2.07. The van der Waals surface area contributed by atoms with Crippen LogP contribution in [0.25, 0.3) is 0 Å². The fraction of sp³-hybridized carbons (Fsp3) is 1.00. The van der Waals surface area contributed by atoms with Crippen molar-refractivity contribution in [3.05, 3.63) is 0 Å². The number of aliphatic hydroxyl groups is 1. The van der Waals surface area contributed by atoms with Crippen molar-refractivity contribution < 1.29 is 5.11 Å². The Balaban J connectivity index is 1.98. The third-order valence-electron chi connectivity index (χ3n) is 3.04. The largest absolute Gasteiger partial charge is 0.395 e. The highest BCUT2D eigenvalue weighted by molar-refractivity contribution is 4.68.